The maximum Gasteiger partial charge on any atom is 0.247 e. The molecule has 0 bridgehead atoms. The molecule has 0 atom stereocenters. The molecule has 1 aliphatic heterocycles. The van der Waals surface area contributed by atoms with Crippen molar-refractivity contribution in [3.63, 3.8) is 0 Å². The van der Waals surface area contributed by atoms with Gasteiger partial charge in [0.15, 0.2) is 0 Å². The Morgan fingerprint density at radius 3 is 2.58 bits per heavy atom. The molecular formula is C21H24N2O. The number of carbonyl (C=O) groups is 1. The topological polar surface area (TPSA) is 32.3 Å². The van der Waals surface area contributed by atoms with Crippen molar-refractivity contribution >= 4 is 11.6 Å². The van der Waals surface area contributed by atoms with Crippen LogP contribution in [0.3, 0.4) is 0 Å². The Kier molecular flexibility index (Phi) is 5.44. The lowest BCUT2D eigenvalue weighted by molar-refractivity contribution is -0.111. The minimum Gasteiger partial charge on any atom is -0.323 e. The van der Waals surface area contributed by atoms with E-state index in [-0.39, 0.29) is 5.91 Å². The van der Waals surface area contributed by atoms with Crippen molar-refractivity contribution in [1.29, 1.82) is 0 Å². The summed E-state index contributed by atoms with van der Waals surface area (Å²) in [4.78, 5) is 14.0. The van der Waals surface area contributed by atoms with E-state index in [1.807, 2.05) is 12.1 Å². The first-order chi connectivity index (χ1) is 11.7. The lowest BCUT2D eigenvalue weighted by atomic mass is 9.89. The second kappa shape index (κ2) is 7.93. The van der Waals surface area contributed by atoms with Gasteiger partial charge in [-0.1, -0.05) is 49.0 Å². The molecular weight excluding hydrogens is 296 g/mol. The van der Waals surface area contributed by atoms with Gasteiger partial charge in [0.25, 0.3) is 0 Å². The molecule has 3 rings (SSSR count). The molecule has 1 fully saturated rings. The second-order valence-corrected chi connectivity index (χ2v) is 6.35. The Morgan fingerprint density at radius 1 is 1.12 bits per heavy atom. The Bertz CT molecular complexity index is 688. The van der Waals surface area contributed by atoms with Gasteiger partial charge >= 0.3 is 0 Å². The van der Waals surface area contributed by atoms with Crippen molar-refractivity contribution in [2.45, 2.75) is 25.3 Å². The molecule has 0 radical (unpaired) electrons. The Balaban J connectivity index is 1.57. The maximum atomic E-state index is 11.4. The number of nitrogens with zero attached hydrogens (tertiary/aromatic N) is 1. The second-order valence-electron chi connectivity index (χ2n) is 6.35. The number of hydrogen-bond acceptors (Lipinski definition) is 2. The summed E-state index contributed by atoms with van der Waals surface area (Å²) in [6.07, 6.45) is 3.62. The van der Waals surface area contributed by atoms with E-state index in [4.69, 9.17) is 0 Å². The molecule has 0 saturated carbocycles. The highest BCUT2D eigenvalue weighted by atomic mass is 16.1. The average molecular weight is 320 g/mol. The summed E-state index contributed by atoms with van der Waals surface area (Å²) in [5, 5.41) is 2.85. The number of likely N-dealkylation sites (tertiary alicyclic amines) is 1. The van der Waals surface area contributed by atoms with Crippen molar-refractivity contribution in [3.8, 4) is 0 Å². The third kappa shape index (κ3) is 4.33. The highest BCUT2D eigenvalue weighted by molar-refractivity contribution is 5.98. The molecule has 24 heavy (non-hydrogen) atoms. The number of hydrogen-bond donors (Lipinski definition) is 1. The molecule has 1 saturated heterocycles. The molecule has 3 nitrogen and oxygen atoms in total. The molecule has 0 aliphatic carbocycles. The first-order valence-corrected chi connectivity index (χ1v) is 8.54. The van der Waals surface area contributed by atoms with Gasteiger partial charge in [0.1, 0.15) is 0 Å². The quantitative estimate of drug-likeness (QED) is 0.838. The molecule has 1 N–H and O–H groups in total. The Labute approximate surface area is 144 Å². The predicted molar refractivity (Wildman–Crippen MR) is 99.0 cm³/mol. The van der Waals surface area contributed by atoms with Crippen molar-refractivity contribution in [1.82, 2.24) is 4.90 Å². The highest BCUT2D eigenvalue weighted by Crippen LogP contribution is 2.30. The summed E-state index contributed by atoms with van der Waals surface area (Å²) in [6.45, 7) is 6.75. The molecule has 0 aromatic heterocycles. The molecule has 2 aromatic rings. The van der Waals surface area contributed by atoms with Crippen molar-refractivity contribution in [2.75, 3.05) is 18.4 Å². The Morgan fingerprint density at radius 2 is 1.88 bits per heavy atom. The van der Waals surface area contributed by atoms with Gasteiger partial charge in [0.2, 0.25) is 5.91 Å². The third-order valence-electron chi connectivity index (χ3n) is 4.65. The van der Waals surface area contributed by atoms with Crippen LogP contribution < -0.4 is 5.32 Å². The molecule has 3 heteroatoms. The van der Waals surface area contributed by atoms with E-state index in [0.29, 0.717) is 5.92 Å². The average Bonchev–Trinajstić information content (AvgIpc) is 2.63. The lowest BCUT2D eigenvalue weighted by Crippen LogP contribution is -2.32. The van der Waals surface area contributed by atoms with Crippen LogP contribution >= 0.6 is 0 Å². The van der Waals surface area contributed by atoms with Crippen LogP contribution in [0.25, 0.3) is 0 Å². The highest BCUT2D eigenvalue weighted by Gasteiger charge is 2.20. The number of anilines is 1. The zero-order valence-corrected chi connectivity index (χ0v) is 13.9. The van der Waals surface area contributed by atoms with Crippen LogP contribution in [0.5, 0.6) is 0 Å². The van der Waals surface area contributed by atoms with Crippen LogP contribution in [0, 0.1) is 0 Å². The van der Waals surface area contributed by atoms with Gasteiger partial charge in [-0.05, 0) is 61.2 Å². The van der Waals surface area contributed by atoms with E-state index in [9.17, 15) is 4.79 Å². The summed E-state index contributed by atoms with van der Waals surface area (Å²) in [6, 6.07) is 18.9. The van der Waals surface area contributed by atoms with Crippen LogP contribution in [0.4, 0.5) is 5.69 Å². The summed E-state index contributed by atoms with van der Waals surface area (Å²) >= 11 is 0. The van der Waals surface area contributed by atoms with Crippen LogP contribution in [-0.4, -0.2) is 23.9 Å². The number of carbonyl (C=O) groups excluding carboxylic acids is 1. The van der Waals surface area contributed by atoms with Crippen LogP contribution in [-0.2, 0) is 11.3 Å². The number of rotatable bonds is 5. The summed E-state index contributed by atoms with van der Waals surface area (Å²) in [7, 11) is 0. The predicted octanol–water partition coefficient (Wildman–Crippen LogP) is 4.19. The van der Waals surface area contributed by atoms with Gasteiger partial charge in [0.05, 0.1) is 0 Å². The van der Waals surface area contributed by atoms with Crippen LogP contribution in [0.2, 0.25) is 0 Å². The fraction of sp³-hybridized carbons (Fsp3) is 0.286. The molecule has 2 aromatic carbocycles. The number of amides is 1. The molecule has 124 valence electrons. The molecule has 1 heterocycles. The van der Waals surface area contributed by atoms with Crippen LogP contribution in [0.15, 0.2) is 67.3 Å². The van der Waals surface area contributed by atoms with Crippen molar-refractivity contribution in [3.05, 3.63) is 78.4 Å². The fourth-order valence-electron chi connectivity index (χ4n) is 3.33. The van der Waals surface area contributed by atoms with E-state index in [1.54, 1.807) is 0 Å². The van der Waals surface area contributed by atoms with Gasteiger partial charge in [-0.2, -0.15) is 0 Å². The standard InChI is InChI=1S/C21H24N2O/c1-2-21(24)22-20-10-6-9-19(15-20)18-11-13-23(14-12-18)16-17-7-4-3-5-8-17/h2-10,15,18H,1,11-14,16H2,(H,22,24). The van der Waals surface area contributed by atoms with E-state index in [1.165, 1.54) is 17.2 Å². The summed E-state index contributed by atoms with van der Waals surface area (Å²) < 4.78 is 0. The molecule has 0 spiro atoms. The number of piperidine rings is 1. The zero-order chi connectivity index (χ0) is 16.8. The summed E-state index contributed by atoms with van der Waals surface area (Å²) in [5.74, 6) is 0.405. The van der Waals surface area contributed by atoms with Crippen molar-refractivity contribution in [2.24, 2.45) is 0 Å². The zero-order valence-electron chi connectivity index (χ0n) is 13.9. The van der Waals surface area contributed by atoms with E-state index >= 15 is 0 Å². The molecule has 1 aliphatic rings. The molecule has 1 amide bonds. The minimum absolute atomic E-state index is 0.162. The van der Waals surface area contributed by atoms with Gasteiger partial charge in [-0.15, -0.1) is 0 Å². The van der Waals surface area contributed by atoms with Gasteiger partial charge in [-0.25, -0.2) is 0 Å². The normalized spacial score (nSPS) is 15.8. The summed E-state index contributed by atoms with van der Waals surface area (Å²) in [5.41, 5.74) is 3.55. The van der Waals surface area contributed by atoms with Crippen molar-refractivity contribution < 1.29 is 4.79 Å². The van der Waals surface area contributed by atoms with E-state index < -0.39 is 0 Å². The number of nitrogens with one attached hydrogen (secondary N) is 1. The maximum absolute atomic E-state index is 11.4. The largest absolute Gasteiger partial charge is 0.323 e. The molecule has 0 unspecified atom stereocenters. The SMILES string of the molecule is C=CC(=O)Nc1cccc(C2CCN(Cc3ccccc3)CC2)c1. The van der Waals surface area contributed by atoms with E-state index in [0.717, 1.165) is 38.2 Å². The Hall–Kier alpha value is -2.39. The minimum atomic E-state index is -0.162. The fourth-order valence-corrected chi connectivity index (χ4v) is 3.33. The van der Waals surface area contributed by atoms with E-state index in [2.05, 4.69) is 59.3 Å². The first-order valence-electron chi connectivity index (χ1n) is 8.54. The smallest absolute Gasteiger partial charge is 0.247 e. The van der Waals surface area contributed by atoms with Crippen LogP contribution in [0.1, 0.15) is 29.9 Å². The van der Waals surface area contributed by atoms with Gasteiger partial charge in [0, 0.05) is 12.2 Å². The number of benzene rings is 2. The first kappa shape index (κ1) is 16.5. The lowest BCUT2D eigenvalue weighted by Gasteiger charge is -2.32. The third-order valence-corrected chi connectivity index (χ3v) is 4.65. The van der Waals surface area contributed by atoms with Gasteiger partial charge < -0.3 is 5.32 Å². The monoisotopic (exact) mass is 320 g/mol. The van der Waals surface area contributed by atoms with Gasteiger partial charge in [-0.3, -0.25) is 9.69 Å².